The third-order valence-corrected chi connectivity index (χ3v) is 2.80. The summed E-state index contributed by atoms with van der Waals surface area (Å²) in [5, 5.41) is 0.552. The highest BCUT2D eigenvalue weighted by Crippen LogP contribution is 2.31. The molecule has 0 aliphatic carbocycles. The summed E-state index contributed by atoms with van der Waals surface area (Å²) in [6.45, 7) is 0. The summed E-state index contributed by atoms with van der Waals surface area (Å²) in [5.74, 6) is -0.408. The van der Waals surface area contributed by atoms with Gasteiger partial charge in [-0.25, -0.2) is 4.39 Å². The maximum Gasteiger partial charge on any atom is 0.138 e. The second-order valence-electron chi connectivity index (χ2n) is 1.66. The predicted octanol–water partition coefficient (Wildman–Crippen LogP) is 3.90. The van der Waals surface area contributed by atoms with Crippen LogP contribution in [-0.2, 0) is 0 Å². The first-order valence-corrected chi connectivity index (χ1v) is 3.97. The van der Waals surface area contributed by atoms with Crippen LogP contribution in [0.5, 0.6) is 0 Å². The van der Waals surface area contributed by atoms with Crippen LogP contribution >= 0.6 is 39.1 Å². The third-order valence-electron chi connectivity index (χ3n) is 0.988. The normalized spacial score (nSPS) is 10.0. The van der Waals surface area contributed by atoms with E-state index >= 15 is 0 Å². The second-order valence-corrected chi connectivity index (χ2v) is 3.24. The lowest BCUT2D eigenvalue weighted by Crippen LogP contribution is -1.77. The molecule has 0 saturated heterocycles. The van der Waals surface area contributed by atoms with Gasteiger partial charge in [-0.1, -0.05) is 23.2 Å². The van der Waals surface area contributed by atoms with Crippen molar-refractivity contribution >= 4 is 39.1 Å². The van der Waals surface area contributed by atoms with E-state index in [4.69, 9.17) is 23.2 Å². The molecule has 0 spiro atoms. The Morgan fingerprint density at radius 2 is 1.90 bits per heavy atom. The number of hydrogen-bond acceptors (Lipinski definition) is 0. The van der Waals surface area contributed by atoms with Gasteiger partial charge >= 0.3 is 0 Å². The SMILES string of the molecule is Fc1ccc(Cl)c(Cl)c1Br. The first-order valence-electron chi connectivity index (χ1n) is 2.42. The molecule has 0 nitrogen and oxygen atoms in total. The van der Waals surface area contributed by atoms with E-state index in [9.17, 15) is 4.39 Å². The molecule has 0 N–H and O–H groups in total. The molecule has 10 heavy (non-hydrogen) atoms. The van der Waals surface area contributed by atoms with Gasteiger partial charge in [0.05, 0.1) is 14.5 Å². The molecule has 54 valence electrons. The standard InChI is InChI=1S/C6H2BrCl2F/c7-5-4(10)2-1-3(8)6(5)9/h1-2H. The summed E-state index contributed by atoms with van der Waals surface area (Å²) in [6, 6.07) is 2.66. The molecule has 0 radical (unpaired) electrons. The van der Waals surface area contributed by atoms with Gasteiger partial charge in [-0.05, 0) is 28.1 Å². The molecule has 0 unspecified atom stereocenters. The lowest BCUT2D eigenvalue weighted by molar-refractivity contribution is 0.621. The van der Waals surface area contributed by atoms with Crippen molar-refractivity contribution in [2.24, 2.45) is 0 Å². The van der Waals surface area contributed by atoms with Gasteiger partial charge in [0, 0.05) is 0 Å². The van der Waals surface area contributed by atoms with Crippen molar-refractivity contribution < 1.29 is 4.39 Å². The molecule has 0 atom stereocenters. The number of benzene rings is 1. The lowest BCUT2D eigenvalue weighted by Gasteiger charge is -1.97. The summed E-state index contributed by atoms with van der Waals surface area (Å²) < 4.78 is 12.8. The van der Waals surface area contributed by atoms with Gasteiger partial charge < -0.3 is 0 Å². The smallest absolute Gasteiger partial charge is 0.138 e. The predicted molar refractivity (Wildman–Crippen MR) is 44.1 cm³/mol. The van der Waals surface area contributed by atoms with Crippen molar-refractivity contribution in [3.8, 4) is 0 Å². The molecule has 0 heterocycles. The highest BCUT2D eigenvalue weighted by molar-refractivity contribution is 9.10. The van der Waals surface area contributed by atoms with Gasteiger partial charge in [0.1, 0.15) is 5.82 Å². The molecule has 1 rings (SSSR count). The van der Waals surface area contributed by atoms with E-state index in [2.05, 4.69) is 15.9 Å². The van der Waals surface area contributed by atoms with Crippen LogP contribution in [0.25, 0.3) is 0 Å². The van der Waals surface area contributed by atoms with E-state index in [1.165, 1.54) is 12.1 Å². The molecule has 0 saturated carbocycles. The fourth-order valence-corrected chi connectivity index (χ4v) is 1.27. The second kappa shape index (κ2) is 3.07. The Labute approximate surface area is 76.1 Å². The number of hydrogen-bond donors (Lipinski definition) is 0. The zero-order valence-corrected chi connectivity index (χ0v) is 7.76. The average Bonchev–Trinajstić information content (AvgIpc) is 1.93. The van der Waals surface area contributed by atoms with Crippen molar-refractivity contribution in [1.82, 2.24) is 0 Å². The van der Waals surface area contributed by atoms with E-state index in [1.807, 2.05) is 0 Å². The topological polar surface area (TPSA) is 0 Å². The molecular weight excluding hydrogens is 242 g/mol. The zero-order chi connectivity index (χ0) is 7.72. The van der Waals surface area contributed by atoms with Crippen LogP contribution in [0.15, 0.2) is 16.6 Å². The minimum absolute atomic E-state index is 0.210. The largest absolute Gasteiger partial charge is 0.206 e. The van der Waals surface area contributed by atoms with E-state index in [-0.39, 0.29) is 9.50 Å². The van der Waals surface area contributed by atoms with Crippen LogP contribution in [0.1, 0.15) is 0 Å². The van der Waals surface area contributed by atoms with E-state index in [0.29, 0.717) is 5.02 Å². The summed E-state index contributed by atoms with van der Waals surface area (Å²) in [5.41, 5.74) is 0. The van der Waals surface area contributed by atoms with Gasteiger partial charge in [0.15, 0.2) is 0 Å². The zero-order valence-electron chi connectivity index (χ0n) is 4.67. The summed E-state index contributed by atoms with van der Waals surface area (Å²) in [4.78, 5) is 0. The van der Waals surface area contributed by atoms with Crippen LogP contribution in [0.4, 0.5) is 4.39 Å². The molecule has 1 aromatic carbocycles. The maximum absolute atomic E-state index is 12.6. The Bertz CT molecular complexity index is 235. The van der Waals surface area contributed by atoms with Gasteiger partial charge in [-0.2, -0.15) is 0 Å². The van der Waals surface area contributed by atoms with E-state index in [0.717, 1.165) is 0 Å². The Hall–Kier alpha value is 0.210. The minimum atomic E-state index is -0.408. The Balaban J connectivity index is 3.34. The van der Waals surface area contributed by atoms with Crippen LogP contribution < -0.4 is 0 Å². The van der Waals surface area contributed by atoms with Gasteiger partial charge in [-0.15, -0.1) is 0 Å². The molecule has 4 heteroatoms. The van der Waals surface area contributed by atoms with Crippen molar-refractivity contribution in [2.75, 3.05) is 0 Å². The van der Waals surface area contributed by atoms with Gasteiger partial charge in [0.25, 0.3) is 0 Å². The van der Waals surface area contributed by atoms with Crippen molar-refractivity contribution in [1.29, 1.82) is 0 Å². The molecular formula is C6H2BrCl2F. The monoisotopic (exact) mass is 242 g/mol. The van der Waals surface area contributed by atoms with E-state index < -0.39 is 5.82 Å². The van der Waals surface area contributed by atoms with Gasteiger partial charge in [-0.3, -0.25) is 0 Å². The molecule has 0 bridgehead atoms. The quantitative estimate of drug-likeness (QED) is 0.479. The fourth-order valence-electron chi connectivity index (χ4n) is 0.502. The van der Waals surface area contributed by atoms with Crippen molar-refractivity contribution in [3.05, 3.63) is 32.5 Å². The third kappa shape index (κ3) is 1.44. The van der Waals surface area contributed by atoms with Crippen LogP contribution in [0.2, 0.25) is 10.0 Å². The highest BCUT2D eigenvalue weighted by atomic mass is 79.9. The molecule has 1 aromatic rings. The molecule has 0 amide bonds. The van der Waals surface area contributed by atoms with Crippen molar-refractivity contribution in [3.63, 3.8) is 0 Å². The maximum atomic E-state index is 12.6. The van der Waals surface area contributed by atoms with Crippen molar-refractivity contribution in [2.45, 2.75) is 0 Å². The van der Waals surface area contributed by atoms with Crippen LogP contribution in [-0.4, -0.2) is 0 Å². The average molecular weight is 244 g/mol. The van der Waals surface area contributed by atoms with Crippen LogP contribution in [0.3, 0.4) is 0 Å². The molecule has 0 fully saturated rings. The fraction of sp³-hybridized carbons (Fsp3) is 0. The minimum Gasteiger partial charge on any atom is -0.206 e. The first kappa shape index (κ1) is 8.31. The number of halogens is 4. The summed E-state index contributed by atoms with van der Waals surface area (Å²) >= 11 is 14.1. The Morgan fingerprint density at radius 1 is 1.30 bits per heavy atom. The van der Waals surface area contributed by atoms with Gasteiger partial charge in [0.2, 0.25) is 0 Å². The summed E-state index contributed by atoms with van der Waals surface area (Å²) in [6.07, 6.45) is 0. The summed E-state index contributed by atoms with van der Waals surface area (Å²) in [7, 11) is 0. The van der Waals surface area contributed by atoms with Crippen LogP contribution in [0, 0.1) is 5.82 Å². The molecule has 0 aliphatic rings. The molecule has 0 aromatic heterocycles. The number of rotatable bonds is 0. The lowest BCUT2D eigenvalue weighted by atomic mass is 10.3. The highest BCUT2D eigenvalue weighted by Gasteiger charge is 2.06. The van der Waals surface area contributed by atoms with E-state index in [1.54, 1.807) is 0 Å². The Morgan fingerprint density at radius 3 is 2.40 bits per heavy atom. The molecule has 0 aliphatic heterocycles. The Kier molecular flexibility index (Phi) is 2.55. The first-order chi connectivity index (χ1) is 4.63.